The maximum atomic E-state index is 10.4. The largest absolute Gasteiger partial charge is 0.503 e. The monoisotopic (exact) mass is 432 g/mol. The van der Waals surface area contributed by atoms with Crippen LogP contribution in [-0.2, 0) is 14.9 Å². The maximum Gasteiger partial charge on any atom is 0.503 e. The topological polar surface area (TPSA) is 207 Å². The van der Waals surface area contributed by atoms with E-state index >= 15 is 0 Å². The third-order valence-electron chi connectivity index (χ3n) is 2.42. The van der Waals surface area contributed by atoms with Crippen molar-refractivity contribution < 1.29 is 52.9 Å². The quantitative estimate of drug-likeness (QED) is 0.386. The number of benzene rings is 2. The zero-order valence-electron chi connectivity index (χ0n) is 15.0. The van der Waals surface area contributed by atoms with Gasteiger partial charge in [0.1, 0.15) is 6.10 Å². The van der Waals surface area contributed by atoms with E-state index in [1.807, 2.05) is 0 Å². The van der Waals surface area contributed by atoms with Crippen LogP contribution in [0.15, 0.2) is 65.6 Å². The fourth-order valence-corrected chi connectivity index (χ4v) is 1.67. The van der Waals surface area contributed by atoms with E-state index in [0.717, 1.165) is 0 Å². The molecule has 0 radical (unpaired) electrons. The van der Waals surface area contributed by atoms with Gasteiger partial charge in [0.05, 0.1) is 10.5 Å². The number of aromatic carboxylic acids is 1. The Labute approximate surface area is 165 Å². The summed E-state index contributed by atoms with van der Waals surface area (Å²) in [5, 5.41) is 38.1. The molecule has 6 N–H and O–H groups in total. The van der Waals surface area contributed by atoms with Gasteiger partial charge in [-0.1, -0.05) is 36.4 Å². The van der Waals surface area contributed by atoms with Crippen LogP contribution in [0.4, 0.5) is 4.79 Å². The second-order valence-electron chi connectivity index (χ2n) is 4.76. The van der Waals surface area contributed by atoms with Gasteiger partial charge in [0.25, 0.3) is 10.1 Å². The molecule has 11 nitrogen and oxygen atoms in total. The molecule has 0 saturated carbocycles. The average Bonchev–Trinajstić information content (AvgIpc) is 2.63. The fourth-order valence-electron chi connectivity index (χ4n) is 1.17. The van der Waals surface area contributed by atoms with Crippen LogP contribution < -0.4 is 0 Å². The summed E-state index contributed by atoms with van der Waals surface area (Å²) in [7, 11) is -4.00. The van der Waals surface area contributed by atoms with Gasteiger partial charge in [-0.3, -0.25) is 4.55 Å². The number of aliphatic carboxylic acids is 1. The highest BCUT2D eigenvalue weighted by molar-refractivity contribution is 7.85. The van der Waals surface area contributed by atoms with Crippen molar-refractivity contribution in [2.24, 2.45) is 0 Å². The zero-order valence-corrected chi connectivity index (χ0v) is 15.8. The molecule has 0 aliphatic carbocycles. The molecule has 160 valence electrons. The van der Waals surface area contributed by atoms with Crippen molar-refractivity contribution >= 4 is 28.2 Å². The first-order valence-corrected chi connectivity index (χ1v) is 8.86. The first-order valence-electron chi connectivity index (χ1n) is 7.42. The van der Waals surface area contributed by atoms with Gasteiger partial charge in [0, 0.05) is 0 Å². The molecule has 0 aliphatic heterocycles. The van der Waals surface area contributed by atoms with Gasteiger partial charge in [0.15, 0.2) is 0 Å². The molecule has 2 aromatic rings. The van der Waals surface area contributed by atoms with E-state index in [1.165, 1.54) is 19.1 Å². The van der Waals surface area contributed by atoms with E-state index in [0.29, 0.717) is 5.56 Å². The Morgan fingerprint density at radius 2 is 1.10 bits per heavy atom. The number of aliphatic hydroxyl groups excluding tert-OH is 1. The molecule has 2 aromatic carbocycles. The van der Waals surface area contributed by atoms with Crippen LogP contribution in [0, 0.1) is 0 Å². The molecule has 0 aromatic heterocycles. The molecule has 0 heterocycles. The molecular formula is C17H20O11S. The molecule has 0 bridgehead atoms. The van der Waals surface area contributed by atoms with Crippen LogP contribution in [0.2, 0.25) is 0 Å². The van der Waals surface area contributed by atoms with Crippen LogP contribution in [0.5, 0.6) is 0 Å². The fraction of sp³-hybridized carbons (Fsp3) is 0.118. The molecule has 0 fully saturated rings. The summed E-state index contributed by atoms with van der Waals surface area (Å²) >= 11 is 0. The minimum Gasteiger partial charge on any atom is -0.479 e. The molecule has 12 heteroatoms. The van der Waals surface area contributed by atoms with Crippen LogP contribution in [0.25, 0.3) is 0 Å². The summed E-state index contributed by atoms with van der Waals surface area (Å²) in [5.74, 6) is -2.06. The number of carboxylic acids is 2. The van der Waals surface area contributed by atoms with Gasteiger partial charge in [-0.15, -0.1) is 0 Å². The van der Waals surface area contributed by atoms with Crippen molar-refractivity contribution in [2.45, 2.75) is 17.9 Å². The van der Waals surface area contributed by atoms with Crippen LogP contribution in [0.3, 0.4) is 0 Å². The Hall–Kier alpha value is -3.48. The molecule has 1 atom stereocenters. The van der Waals surface area contributed by atoms with Crippen molar-refractivity contribution in [3.05, 3.63) is 66.2 Å². The normalized spacial score (nSPS) is 10.3. The summed E-state index contributed by atoms with van der Waals surface area (Å²) in [6, 6.07) is 15.7. The second-order valence-corrected chi connectivity index (χ2v) is 6.18. The Balaban J connectivity index is 0. The van der Waals surface area contributed by atoms with Gasteiger partial charge in [-0.05, 0) is 31.2 Å². The van der Waals surface area contributed by atoms with E-state index in [-0.39, 0.29) is 4.90 Å². The third kappa shape index (κ3) is 17.7. The molecule has 0 spiro atoms. The molecule has 2 rings (SSSR count). The molecule has 29 heavy (non-hydrogen) atoms. The van der Waals surface area contributed by atoms with E-state index < -0.39 is 34.3 Å². The van der Waals surface area contributed by atoms with Gasteiger partial charge in [-0.2, -0.15) is 8.42 Å². The first kappa shape index (κ1) is 27.7. The van der Waals surface area contributed by atoms with Crippen molar-refractivity contribution in [3.8, 4) is 0 Å². The predicted molar refractivity (Wildman–Crippen MR) is 99.6 cm³/mol. The van der Waals surface area contributed by atoms with Crippen molar-refractivity contribution in [1.82, 2.24) is 0 Å². The second kappa shape index (κ2) is 14.6. The van der Waals surface area contributed by atoms with Crippen LogP contribution in [0.1, 0.15) is 17.3 Å². The molecule has 1 unspecified atom stereocenters. The lowest BCUT2D eigenvalue weighted by atomic mass is 10.2. The maximum absolute atomic E-state index is 10.4. The van der Waals surface area contributed by atoms with Gasteiger partial charge >= 0.3 is 18.1 Å². The Bertz CT molecular complexity index is 843. The summed E-state index contributed by atoms with van der Waals surface area (Å²) in [4.78, 5) is 28.1. The number of hydrogen-bond acceptors (Lipinski definition) is 6. The smallest absolute Gasteiger partial charge is 0.479 e. The lowest BCUT2D eigenvalue weighted by molar-refractivity contribution is -0.145. The first-order chi connectivity index (χ1) is 13.3. The third-order valence-corrected chi connectivity index (χ3v) is 3.29. The number of carboxylic acid groups (broad SMARTS) is 4. The Morgan fingerprint density at radius 1 is 0.793 bits per heavy atom. The average molecular weight is 432 g/mol. The predicted octanol–water partition coefficient (Wildman–Crippen LogP) is 1.99. The van der Waals surface area contributed by atoms with Gasteiger partial charge in [0.2, 0.25) is 0 Å². The molecule has 0 amide bonds. The lowest BCUT2D eigenvalue weighted by Crippen LogP contribution is -2.13. The van der Waals surface area contributed by atoms with Gasteiger partial charge < -0.3 is 25.5 Å². The Morgan fingerprint density at radius 3 is 1.28 bits per heavy atom. The molecule has 0 saturated heterocycles. The minimum absolute atomic E-state index is 0.0741. The summed E-state index contributed by atoms with van der Waals surface area (Å²) in [6.45, 7) is 1.20. The highest BCUT2D eigenvalue weighted by atomic mass is 32.2. The SMILES string of the molecule is CC(O)C(=O)O.O=C(O)O.O=C(O)c1ccccc1.O=S(=O)(O)c1ccccc1. The van der Waals surface area contributed by atoms with Crippen LogP contribution in [-0.4, -0.2) is 62.7 Å². The summed E-state index contributed by atoms with van der Waals surface area (Å²) in [6.07, 6.45) is -3.06. The minimum atomic E-state index is -4.00. The van der Waals surface area contributed by atoms with E-state index in [1.54, 1.807) is 48.5 Å². The number of aliphatic hydroxyl groups is 1. The standard InChI is InChI=1S/C7H6O2.C6H6O3S.C3H6O3.CH2O3/c8-7(9)6-4-2-1-3-5-6;7-10(8,9)6-4-2-1-3-5-6;1-2(4)3(5)6;2-1(3)4/h1-5H,(H,8,9);1-5H,(H,7,8,9);2,4H,1H3,(H,5,6);(H2,2,3,4). The van der Waals surface area contributed by atoms with Crippen molar-refractivity contribution in [3.63, 3.8) is 0 Å². The lowest BCUT2D eigenvalue weighted by Gasteiger charge is -1.92. The Kier molecular flexibility index (Phi) is 13.9. The highest BCUT2D eigenvalue weighted by Gasteiger charge is 2.05. The highest BCUT2D eigenvalue weighted by Crippen LogP contribution is 2.05. The van der Waals surface area contributed by atoms with E-state index in [9.17, 15) is 18.0 Å². The van der Waals surface area contributed by atoms with Gasteiger partial charge in [-0.25, -0.2) is 14.4 Å². The van der Waals surface area contributed by atoms with Crippen LogP contribution >= 0.6 is 0 Å². The van der Waals surface area contributed by atoms with Crippen molar-refractivity contribution in [1.29, 1.82) is 0 Å². The van der Waals surface area contributed by atoms with Crippen molar-refractivity contribution in [2.75, 3.05) is 0 Å². The zero-order chi connectivity index (χ0) is 23.0. The number of hydrogen-bond donors (Lipinski definition) is 6. The van der Waals surface area contributed by atoms with E-state index in [2.05, 4.69) is 0 Å². The molecule has 0 aliphatic rings. The summed E-state index contributed by atoms with van der Waals surface area (Å²) in [5.41, 5.74) is 0.331. The number of rotatable bonds is 3. The summed E-state index contributed by atoms with van der Waals surface area (Å²) < 4.78 is 29.2. The number of carbonyl (C=O) groups is 3. The molecular weight excluding hydrogens is 412 g/mol. The van der Waals surface area contributed by atoms with E-state index in [4.69, 9.17) is 34.9 Å².